The van der Waals surface area contributed by atoms with Crippen molar-refractivity contribution in [3.8, 4) is 0 Å². The van der Waals surface area contributed by atoms with Gasteiger partial charge in [0.05, 0.1) is 15.1 Å². The molecule has 0 aliphatic heterocycles. The van der Waals surface area contributed by atoms with Gasteiger partial charge >= 0.3 is 0 Å². The van der Waals surface area contributed by atoms with E-state index < -0.39 is 0 Å². The summed E-state index contributed by atoms with van der Waals surface area (Å²) in [5, 5.41) is 8.69. The number of carboxylic acid groups (broad SMARTS) is 1. The van der Waals surface area contributed by atoms with Gasteiger partial charge in [0.2, 0.25) is 0 Å². The topological polar surface area (TPSA) is 37.3 Å². The molecule has 0 aromatic heterocycles. The van der Waals surface area contributed by atoms with Crippen LogP contribution in [-0.4, -0.2) is 11.6 Å². The van der Waals surface area contributed by atoms with E-state index >= 15 is 0 Å². The van der Waals surface area contributed by atoms with Gasteiger partial charge in [0, 0.05) is 0 Å². The minimum absolute atomic E-state index is 0.225. The highest BCUT2D eigenvalue weighted by molar-refractivity contribution is 6.48. The van der Waals surface area contributed by atoms with Gasteiger partial charge in [-0.15, -0.1) is 0 Å². The maximum atomic E-state index is 8.36. The molecule has 3 unspecified atom stereocenters. The first-order chi connectivity index (χ1) is 10.4. The fourth-order valence-corrected chi connectivity index (χ4v) is 5.15. The molecular weight excluding hydrogens is 343 g/mol. The number of halogens is 3. The second-order valence-electron chi connectivity index (χ2n) is 6.55. The Labute approximate surface area is 146 Å². The van der Waals surface area contributed by atoms with Gasteiger partial charge in [-0.2, -0.15) is 0 Å². The van der Waals surface area contributed by atoms with Crippen molar-refractivity contribution in [2.45, 2.75) is 51.4 Å². The normalized spacial score (nSPS) is 29.7. The maximum Gasteiger partial charge on any atom is 0.290 e. The molecule has 0 amide bonds. The fourth-order valence-electron chi connectivity index (χ4n) is 4.43. The van der Waals surface area contributed by atoms with Gasteiger partial charge < -0.3 is 5.11 Å². The largest absolute Gasteiger partial charge is 0.483 e. The summed E-state index contributed by atoms with van der Waals surface area (Å²) in [5.74, 6) is 1.54. The van der Waals surface area contributed by atoms with E-state index in [0.29, 0.717) is 15.1 Å². The molecule has 122 valence electrons. The number of fused-ring (bicyclic) bond motifs is 3. The van der Waals surface area contributed by atoms with E-state index in [1.807, 2.05) is 0 Å². The molecular formula is C17H21Cl3O2. The Kier molecular flexibility index (Phi) is 5.68. The molecule has 2 aliphatic rings. The second-order valence-corrected chi connectivity index (χ2v) is 7.71. The van der Waals surface area contributed by atoms with Gasteiger partial charge in [0.25, 0.3) is 6.47 Å². The van der Waals surface area contributed by atoms with Gasteiger partial charge in [0.15, 0.2) is 0 Å². The summed E-state index contributed by atoms with van der Waals surface area (Å²) in [7, 11) is 0. The van der Waals surface area contributed by atoms with Crippen molar-refractivity contribution in [3.63, 3.8) is 0 Å². The Bertz CT molecular complexity index is 574. The van der Waals surface area contributed by atoms with E-state index in [-0.39, 0.29) is 11.9 Å². The minimum atomic E-state index is -0.250. The van der Waals surface area contributed by atoms with Crippen LogP contribution in [-0.2, 0) is 16.6 Å². The molecule has 2 aliphatic carbocycles. The lowest BCUT2D eigenvalue weighted by Crippen LogP contribution is -2.43. The fraction of sp³-hybridized carbons (Fsp3) is 0.588. The molecule has 3 rings (SSSR count). The van der Waals surface area contributed by atoms with E-state index in [0.717, 1.165) is 18.3 Å². The van der Waals surface area contributed by atoms with E-state index in [4.69, 9.17) is 44.7 Å². The quantitative estimate of drug-likeness (QED) is 0.454. The zero-order valence-electron chi connectivity index (χ0n) is 12.8. The van der Waals surface area contributed by atoms with Crippen LogP contribution in [0.3, 0.4) is 0 Å². The third-order valence-corrected chi connectivity index (χ3v) is 6.75. The van der Waals surface area contributed by atoms with Crippen LogP contribution in [0.1, 0.15) is 50.7 Å². The first kappa shape index (κ1) is 17.9. The van der Waals surface area contributed by atoms with E-state index in [2.05, 4.69) is 19.9 Å². The summed E-state index contributed by atoms with van der Waals surface area (Å²) >= 11 is 18.9. The SMILES string of the molecule is CC1CCCC2(C)c3cc(Cl)c(Cl)c(Cl)c3CCC12.O=CO. The van der Waals surface area contributed by atoms with Gasteiger partial charge in [-0.05, 0) is 53.7 Å². The monoisotopic (exact) mass is 362 g/mol. The molecule has 5 heteroatoms. The van der Waals surface area contributed by atoms with Gasteiger partial charge in [-0.25, -0.2) is 0 Å². The lowest BCUT2D eigenvalue weighted by atomic mass is 9.55. The lowest BCUT2D eigenvalue weighted by Gasteiger charge is -2.50. The van der Waals surface area contributed by atoms with Crippen molar-refractivity contribution in [1.29, 1.82) is 0 Å². The lowest BCUT2D eigenvalue weighted by molar-refractivity contribution is -0.122. The van der Waals surface area contributed by atoms with Crippen LogP contribution >= 0.6 is 34.8 Å². The summed E-state index contributed by atoms with van der Waals surface area (Å²) in [5.41, 5.74) is 2.82. The molecule has 1 fully saturated rings. The molecule has 1 N–H and O–H groups in total. The summed E-state index contributed by atoms with van der Waals surface area (Å²) in [6.07, 6.45) is 6.15. The molecule has 1 aromatic rings. The molecule has 1 saturated carbocycles. The predicted molar refractivity (Wildman–Crippen MR) is 92.3 cm³/mol. The Hall–Kier alpha value is -0.440. The number of benzene rings is 1. The first-order valence-electron chi connectivity index (χ1n) is 7.61. The van der Waals surface area contributed by atoms with Crippen molar-refractivity contribution in [2.75, 3.05) is 0 Å². The summed E-state index contributed by atoms with van der Waals surface area (Å²) < 4.78 is 0. The smallest absolute Gasteiger partial charge is 0.290 e. The van der Waals surface area contributed by atoms with Gasteiger partial charge in [-0.1, -0.05) is 61.5 Å². The number of carbonyl (C=O) groups is 1. The Morgan fingerprint density at radius 2 is 1.91 bits per heavy atom. The molecule has 0 heterocycles. The molecule has 1 aromatic carbocycles. The van der Waals surface area contributed by atoms with Crippen LogP contribution in [0.15, 0.2) is 6.07 Å². The molecule has 0 spiro atoms. The summed E-state index contributed by atoms with van der Waals surface area (Å²) in [4.78, 5) is 8.36. The van der Waals surface area contributed by atoms with Crippen LogP contribution in [0.5, 0.6) is 0 Å². The third kappa shape index (κ3) is 2.98. The van der Waals surface area contributed by atoms with Crippen LogP contribution < -0.4 is 0 Å². The third-order valence-electron chi connectivity index (χ3n) is 5.44. The standard InChI is InChI=1S/C16H19Cl3.CH2O2/c1-9-4-3-7-16(2)11(9)6-5-10-12(16)8-13(17)15(19)14(10)18;2-1-3/h8-9,11H,3-7H2,1-2H3;1H,(H,2,3). The number of hydrogen-bond acceptors (Lipinski definition) is 1. The van der Waals surface area contributed by atoms with Crippen LogP contribution in [0, 0.1) is 11.8 Å². The maximum absolute atomic E-state index is 8.36. The van der Waals surface area contributed by atoms with Crippen molar-refractivity contribution >= 4 is 41.3 Å². The molecule has 0 saturated heterocycles. The minimum Gasteiger partial charge on any atom is -0.483 e. The Balaban J connectivity index is 0.000000545. The van der Waals surface area contributed by atoms with Crippen molar-refractivity contribution in [1.82, 2.24) is 0 Å². The summed E-state index contributed by atoms with van der Waals surface area (Å²) in [6, 6.07) is 2.08. The van der Waals surface area contributed by atoms with Crippen molar-refractivity contribution < 1.29 is 9.90 Å². The van der Waals surface area contributed by atoms with Crippen molar-refractivity contribution in [2.24, 2.45) is 11.8 Å². The highest BCUT2D eigenvalue weighted by atomic mass is 35.5. The molecule has 22 heavy (non-hydrogen) atoms. The Morgan fingerprint density at radius 3 is 2.55 bits per heavy atom. The number of hydrogen-bond donors (Lipinski definition) is 1. The highest BCUT2D eigenvalue weighted by Crippen LogP contribution is 2.54. The van der Waals surface area contributed by atoms with E-state index in [1.54, 1.807) is 0 Å². The average molecular weight is 364 g/mol. The van der Waals surface area contributed by atoms with Crippen LogP contribution in [0.25, 0.3) is 0 Å². The molecule has 0 radical (unpaired) electrons. The average Bonchev–Trinajstić information content (AvgIpc) is 2.46. The summed E-state index contributed by atoms with van der Waals surface area (Å²) in [6.45, 7) is 4.54. The second kappa shape index (κ2) is 6.98. The van der Waals surface area contributed by atoms with Crippen LogP contribution in [0.2, 0.25) is 15.1 Å². The zero-order valence-corrected chi connectivity index (χ0v) is 15.1. The number of rotatable bonds is 0. The van der Waals surface area contributed by atoms with Crippen molar-refractivity contribution in [3.05, 3.63) is 32.3 Å². The van der Waals surface area contributed by atoms with Gasteiger partial charge in [0.1, 0.15) is 0 Å². The van der Waals surface area contributed by atoms with Gasteiger partial charge in [-0.3, -0.25) is 4.79 Å². The van der Waals surface area contributed by atoms with E-state index in [9.17, 15) is 0 Å². The molecule has 3 atom stereocenters. The first-order valence-corrected chi connectivity index (χ1v) is 8.75. The van der Waals surface area contributed by atoms with Crippen LogP contribution in [0.4, 0.5) is 0 Å². The zero-order chi connectivity index (χ0) is 16.5. The van der Waals surface area contributed by atoms with E-state index in [1.165, 1.54) is 36.8 Å². The Morgan fingerprint density at radius 1 is 1.27 bits per heavy atom. The molecule has 0 bridgehead atoms. The highest BCUT2D eigenvalue weighted by Gasteiger charge is 2.45. The molecule has 2 nitrogen and oxygen atoms in total. The predicted octanol–water partition coefficient (Wildman–Crippen LogP) is 5.99.